The van der Waals surface area contributed by atoms with Gasteiger partial charge in [0.05, 0.1) is 19.3 Å². The van der Waals surface area contributed by atoms with Crippen molar-refractivity contribution in [3.63, 3.8) is 0 Å². The van der Waals surface area contributed by atoms with Crippen molar-refractivity contribution in [2.75, 3.05) is 26.2 Å². The number of amides is 1. The smallest absolute Gasteiger partial charge is 0.475 e. The lowest BCUT2D eigenvalue weighted by Gasteiger charge is -2.20. The number of carboxylic acids is 1. The molecular formula is C8H15F3N2O6. The van der Waals surface area contributed by atoms with Gasteiger partial charge in [0.2, 0.25) is 0 Å². The van der Waals surface area contributed by atoms with Gasteiger partial charge in [-0.25, -0.2) is 9.59 Å². The molecule has 0 saturated carbocycles. The molecule has 0 spiro atoms. The first-order valence-electron chi connectivity index (χ1n) is 4.83. The third-order valence-corrected chi connectivity index (χ3v) is 1.55. The van der Waals surface area contributed by atoms with Crippen LogP contribution in [0.25, 0.3) is 0 Å². The first-order chi connectivity index (χ1) is 8.56. The van der Waals surface area contributed by atoms with E-state index in [4.69, 9.17) is 31.0 Å². The molecule has 0 fully saturated rings. The molecule has 0 radical (unpaired) electrons. The highest BCUT2D eigenvalue weighted by atomic mass is 19.4. The zero-order valence-corrected chi connectivity index (χ0v) is 9.67. The molecule has 0 aliphatic carbocycles. The molecule has 0 aliphatic heterocycles. The molecule has 0 aromatic rings. The number of carboxylic acid groups (broad SMARTS) is 2. The second-order valence-corrected chi connectivity index (χ2v) is 3.16. The maximum atomic E-state index is 10.6. The van der Waals surface area contributed by atoms with E-state index in [9.17, 15) is 18.0 Å². The van der Waals surface area contributed by atoms with Crippen molar-refractivity contribution in [2.45, 2.75) is 12.3 Å². The van der Waals surface area contributed by atoms with Crippen molar-refractivity contribution in [1.29, 1.82) is 0 Å². The van der Waals surface area contributed by atoms with Gasteiger partial charge in [-0.15, -0.1) is 0 Å². The fourth-order valence-corrected chi connectivity index (χ4v) is 0.733. The fraction of sp³-hybridized carbons (Fsp3) is 0.750. The zero-order chi connectivity index (χ0) is 15.6. The summed E-state index contributed by atoms with van der Waals surface area (Å²) in [5.41, 5.74) is 5.14. The van der Waals surface area contributed by atoms with Crippen molar-refractivity contribution in [3.8, 4) is 0 Å². The van der Waals surface area contributed by atoms with Crippen LogP contribution in [0.3, 0.4) is 0 Å². The van der Waals surface area contributed by atoms with Crippen LogP contribution < -0.4 is 5.73 Å². The van der Waals surface area contributed by atoms with E-state index >= 15 is 0 Å². The maximum Gasteiger partial charge on any atom is 0.490 e. The predicted octanol–water partition coefficient (Wildman–Crippen LogP) is -1.09. The number of hydrogen-bond donors (Lipinski definition) is 5. The van der Waals surface area contributed by atoms with Crippen molar-refractivity contribution < 1.29 is 43.2 Å². The molecule has 8 nitrogen and oxygen atoms in total. The number of halogens is 3. The molecule has 11 heteroatoms. The Morgan fingerprint density at radius 1 is 1.26 bits per heavy atom. The van der Waals surface area contributed by atoms with Gasteiger partial charge in [0, 0.05) is 13.1 Å². The molecule has 1 amide bonds. The summed E-state index contributed by atoms with van der Waals surface area (Å²) in [7, 11) is 0. The van der Waals surface area contributed by atoms with Gasteiger partial charge < -0.3 is 31.1 Å². The molecule has 0 aromatic carbocycles. The first kappa shape index (κ1) is 19.7. The average molecular weight is 292 g/mol. The molecule has 0 bridgehead atoms. The van der Waals surface area contributed by atoms with Crippen LogP contribution in [0.1, 0.15) is 0 Å². The number of rotatable bonds is 5. The average Bonchev–Trinajstić information content (AvgIpc) is 2.27. The predicted molar refractivity (Wildman–Crippen MR) is 55.4 cm³/mol. The lowest BCUT2D eigenvalue weighted by Crippen LogP contribution is -2.40. The Labute approximate surface area is 105 Å². The summed E-state index contributed by atoms with van der Waals surface area (Å²) in [6.45, 7) is -0.200. The monoisotopic (exact) mass is 292 g/mol. The van der Waals surface area contributed by atoms with Crippen molar-refractivity contribution in [1.82, 2.24) is 4.90 Å². The van der Waals surface area contributed by atoms with E-state index in [0.717, 1.165) is 4.90 Å². The normalized spacial score (nSPS) is 12.1. The van der Waals surface area contributed by atoms with Gasteiger partial charge in [0.1, 0.15) is 0 Å². The Morgan fingerprint density at radius 2 is 1.68 bits per heavy atom. The number of hydrogen-bond acceptors (Lipinski definition) is 5. The molecule has 114 valence electrons. The van der Waals surface area contributed by atoms with E-state index < -0.39 is 30.9 Å². The number of nitrogens with two attached hydrogens (primary N) is 1. The summed E-state index contributed by atoms with van der Waals surface area (Å²) in [6, 6.07) is 0. The number of alkyl halides is 3. The van der Waals surface area contributed by atoms with E-state index in [0.29, 0.717) is 0 Å². The van der Waals surface area contributed by atoms with Crippen LogP contribution in [0.5, 0.6) is 0 Å². The summed E-state index contributed by atoms with van der Waals surface area (Å²) in [6.07, 6.45) is -7.26. The van der Waals surface area contributed by atoms with E-state index in [1.54, 1.807) is 0 Å². The maximum absolute atomic E-state index is 10.6. The molecule has 0 aromatic heterocycles. The summed E-state index contributed by atoms with van der Waals surface area (Å²) in [4.78, 5) is 20.3. The van der Waals surface area contributed by atoms with E-state index in [-0.39, 0.29) is 19.6 Å². The van der Waals surface area contributed by atoms with Crippen molar-refractivity contribution >= 4 is 12.1 Å². The Bertz CT molecular complexity index is 286. The highest BCUT2D eigenvalue weighted by Gasteiger charge is 2.38. The lowest BCUT2D eigenvalue weighted by molar-refractivity contribution is -0.192. The number of nitrogens with zero attached hydrogens (tertiary/aromatic N) is 1. The molecule has 0 heterocycles. The van der Waals surface area contributed by atoms with Crippen LogP contribution in [0.4, 0.5) is 18.0 Å². The van der Waals surface area contributed by atoms with Gasteiger partial charge >= 0.3 is 18.2 Å². The Hall–Kier alpha value is -1.59. The molecule has 0 saturated heterocycles. The summed E-state index contributed by atoms with van der Waals surface area (Å²) >= 11 is 0. The standard InChI is InChI=1S/C6H14N2O4.C2HF3O2/c7-1-2-8(6(11)12)3-5(10)4-9;3-2(4,5)1(6)7/h5,9-10H,1-4,7H2,(H,11,12);(H,6,7)/t5-;/m1./s1. The third-order valence-electron chi connectivity index (χ3n) is 1.55. The van der Waals surface area contributed by atoms with Gasteiger partial charge in [-0.05, 0) is 0 Å². The van der Waals surface area contributed by atoms with E-state index in [1.807, 2.05) is 0 Å². The molecular weight excluding hydrogens is 277 g/mol. The van der Waals surface area contributed by atoms with Crippen LogP contribution in [0.15, 0.2) is 0 Å². The SMILES string of the molecule is NCCN(C[C@@H](O)CO)C(=O)O.O=C(O)C(F)(F)F. The van der Waals surface area contributed by atoms with Crippen LogP contribution in [-0.4, -0.2) is 75.9 Å². The zero-order valence-electron chi connectivity index (χ0n) is 9.67. The largest absolute Gasteiger partial charge is 0.490 e. The van der Waals surface area contributed by atoms with Crippen LogP contribution in [0.2, 0.25) is 0 Å². The van der Waals surface area contributed by atoms with Crippen LogP contribution in [-0.2, 0) is 4.79 Å². The number of aliphatic carboxylic acids is 1. The van der Waals surface area contributed by atoms with Crippen LogP contribution in [0, 0.1) is 0 Å². The third kappa shape index (κ3) is 11.2. The van der Waals surface area contributed by atoms with E-state index in [2.05, 4.69) is 0 Å². The highest BCUT2D eigenvalue weighted by Crippen LogP contribution is 2.13. The van der Waals surface area contributed by atoms with Gasteiger partial charge in [0.15, 0.2) is 0 Å². The summed E-state index contributed by atoms with van der Waals surface area (Å²) in [5.74, 6) is -2.76. The van der Waals surface area contributed by atoms with Gasteiger partial charge in [0.25, 0.3) is 0 Å². The Kier molecular flexibility index (Phi) is 9.72. The fourth-order valence-electron chi connectivity index (χ4n) is 0.733. The quantitative estimate of drug-likeness (QED) is 0.433. The lowest BCUT2D eigenvalue weighted by atomic mass is 10.3. The first-order valence-corrected chi connectivity index (χ1v) is 4.83. The second kappa shape index (κ2) is 9.35. The number of aliphatic hydroxyl groups excluding tert-OH is 2. The van der Waals surface area contributed by atoms with Crippen LogP contribution >= 0.6 is 0 Å². The van der Waals surface area contributed by atoms with E-state index in [1.165, 1.54) is 0 Å². The van der Waals surface area contributed by atoms with Gasteiger partial charge in [-0.2, -0.15) is 13.2 Å². The minimum atomic E-state index is -5.08. The van der Waals surface area contributed by atoms with Crippen molar-refractivity contribution in [3.05, 3.63) is 0 Å². The molecule has 0 rings (SSSR count). The molecule has 0 unspecified atom stereocenters. The topological polar surface area (TPSA) is 144 Å². The minimum Gasteiger partial charge on any atom is -0.475 e. The molecule has 19 heavy (non-hydrogen) atoms. The number of carbonyl (C=O) groups is 2. The minimum absolute atomic E-state index is 0.108. The molecule has 1 atom stereocenters. The van der Waals surface area contributed by atoms with Gasteiger partial charge in [-0.1, -0.05) is 0 Å². The highest BCUT2D eigenvalue weighted by molar-refractivity contribution is 5.73. The Balaban J connectivity index is 0. The molecule has 0 aliphatic rings. The second-order valence-electron chi connectivity index (χ2n) is 3.16. The Morgan fingerprint density at radius 3 is 1.89 bits per heavy atom. The van der Waals surface area contributed by atoms with Gasteiger partial charge in [-0.3, -0.25) is 0 Å². The molecule has 6 N–H and O–H groups in total. The van der Waals surface area contributed by atoms with Crippen molar-refractivity contribution in [2.24, 2.45) is 5.73 Å². The summed E-state index contributed by atoms with van der Waals surface area (Å²) < 4.78 is 31.7. The number of aliphatic hydroxyl groups is 2. The summed E-state index contributed by atoms with van der Waals surface area (Å²) in [5, 5.41) is 33.0.